The van der Waals surface area contributed by atoms with Crippen molar-refractivity contribution in [2.24, 2.45) is 16.7 Å². The Hall–Kier alpha value is -7.91. The summed E-state index contributed by atoms with van der Waals surface area (Å²) in [5, 5.41) is 51.3. The summed E-state index contributed by atoms with van der Waals surface area (Å²) in [5.74, 6) is -7.56. The Bertz CT molecular complexity index is 3430. The van der Waals surface area contributed by atoms with Gasteiger partial charge >= 0.3 is 35.7 Å². The maximum absolute atomic E-state index is 16.4. The van der Waals surface area contributed by atoms with Gasteiger partial charge in [-0.2, -0.15) is 0 Å². The van der Waals surface area contributed by atoms with E-state index in [1.807, 2.05) is 0 Å². The summed E-state index contributed by atoms with van der Waals surface area (Å²) in [4.78, 5) is 127. The molecule has 4 aromatic rings. The number of carbonyl (C=O) groups excluding carboxylic acids is 7. The summed E-state index contributed by atoms with van der Waals surface area (Å²) < 4.78 is 50.8. The number of esters is 4. The number of aliphatic hydroxyl groups excluding tert-OH is 3. The summed E-state index contributed by atoms with van der Waals surface area (Å²) in [6.07, 6.45) is -14.3. The second-order valence-electron chi connectivity index (χ2n) is 23.3. The summed E-state index contributed by atoms with van der Waals surface area (Å²) in [6.45, 7) is 7.70. The van der Waals surface area contributed by atoms with Crippen LogP contribution in [0.3, 0.4) is 0 Å². The number of carbonyl (C=O) groups is 7. The van der Waals surface area contributed by atoms with Crippen molar-refractivity contribution in [3.8, 4) is 0 Å². The minimum atomic E-state index is -2.56. The normalized spacial score (nSPS) is 29.5. The minimum absolute atomic E-state index is 0.00689. The van der Waals surface area contributed by atoms with Crippen LogP contribution in [0.1, 0.15) is 105 Å². The molecule has 9 rings (SSSR count). The van der Waals surface area contributed by atoms with E-state index in [1.165, 1.54) is 65.1 Å². The van der Waals surface area contributed by atoms with E-state index >= 15 is 4.79 Å². The molecular formula is C62H72N4O21. The Balaban J connectivity index is 1.05. The number of aliphatic hydroxyl groups is 4. The zero-order chi connectivity index (χ0) is 62.9. The summed E-state index contributed by atoms with van der Waals surface area (Å²) in [7, 11) is 0. The van der Waals surface area contributed by atoms with Gasteiger partial charge in [0.1, 0.15) is 42.3 Å². The standard InChI is InChI=1S/C62H72N4O21/c1-33-30-66(45-27-40(70)42(31-67)83-45)58(78)65(54(33)74)24-26-80-25-23-63-57(77)85-43-28-44-61(32-81-44,87-36(4)69)50-52(86-55(75)39-21-15-10-16-22-39)62(79)29-41(34(2)46(59(62,5)6)49(82-35(3)68)51(72)60(43,50)7)84-56(76)48(71)47(37-17-11-8-12-18-37)64-53(73)38-19-13-9-14-20-38/h8-22,30,40-45,47-50,52,67,70-71,79H,23-29,31-32H2,1-7H3,(H,63,77)(H,64,73)/t40?,41-,42-,43-,44+,45-,47-,48+,49+,50-,52-,60?,61-,62+/m0/s1. The van der Waals surface area contributed by atoms with Crippen LogP contribution in [0.5, 0.6) is 0 Å². The fourth-order valence-corrected chi connectivity index (χ4v) is 13.2. The van der Waals surface area contributed by atoms with Gasteiger partial charge in [0.15, 0.2) is 23.6 Å². The molecule has 3 heterocycles. The van der Waals surface area contributed by atoms with E-state index in [-0.39, 0.29) is 67.0 Å². The van der Waals surface area contributed by atoms with Gasteiger partial charge in [0.2, 0.25) is 0 Å². The van der Waals surface area contributed by atoms with Crippen molar-refractivity contribution in [3.63, 3.8) is 0 Å². The van der Waals surface area contributed by atoms with Crippen LogP contribution in [0.25, 0.3) is 0 Å². The Labute approximate surface area is 499 Å². The van der Waals surface area contributed by atoms with Crippen molar-refractivity contribution in [2.45, 2.75) is 147 Å². The number of hydrogen-bond acceptors (Lipinski definition) is 21. The van der Waals surface area contributed by atoms with Crippen LogP contribution in [0.4, 0.5) is 4.79 Å². The highest BCUT2D eigenvalue weighted by molar-refractivity contribution is 5.96. The molecule has 2 unspecified atom stereocenters. The second kappa shape index (κ2) is 25.4. The Morgan fingerprint density at radius 3 is 2.06 bits per heavy atom. The molecule has 25 heteroatoms. The lowest BCUT2D eigenvalue weighted by molar-refractivity contribution is -0.345. The zero-order valence-corrected chi connectivity index (χ0v) is 49.1. The van der Waals surface area contributed by atoms with Crippen molar-refractivity contribution in [3.05, 3.63) is 151 Å². The SMILES string of the molecule is CC(=O)O[C@H]1C(=O)C2(C)[C@@H](OC(=O)NCCOCCn3c(=O)c(C)cn([C@@H]4CC(O)[C@H](CO)O4)c3=O)C[C@H]3OC[C@@]3(OC(C)=O)[C@H]2[C@H](OC(=O)c2ccccc2)[C@]2(O)C[C@H](OC(=O)[C@H](O)[C@@H](NC(=O)c3ccccc3)c3ccccc3)C(C)=C1C2(C)C. The summed E-state index contributed by atoms with van der Waals surface area (Å²) >= 11 is 0. The van der Waals surface area contributed by atoms with Gasteiger partial charge < -0.3 is 69.0 Å². The van der Waals surface area contributed by atoms with Gasteiger partial charge in [-0.1, -0.05) is 80.6 Å². The van der Waals surface area contributed by atoms with E-state index in [2.05, 4.69) is 10.6 Å². The zero-order valence-electron chi connectivity index (χ0n) is 49.1. The topological polar surface area (TPSA) is 342 Å². The number of amides is 2. The highest BCUT2D eigenvalue weighted by Crippen LogP contribution is 2.65. The number of aromatic nitrogens is 2. The van der Waals surface area contributed by atoms with Crippen LogP contribution in [0.15, 0.2) is 118 Å². The first-order chi connectivity index (χ1) is 41.3. The van der Waals surface area contributed by atoms with Gasteiger partial charge in [0, 0.05) is 62.4 Å². The summed E-state index contributed by atoms with van der Waals surface area (Å²) in [5.41, 5.74) is -9.29. The summed E-state index contributed by atoms with van der Waals surface area (Å²) in [6, 6.07) is 22.4. The third-order valence-electron chi connectivity index (χ3n) is 17.7. The van der Waals surface area contributed by atoms with Crippen molar-refractivity contribution in [1.82, 2.24) is 19.8 Å². The fraction of sp³-hybridized carbons (Fsp3) is 0.500. The lowest BCUT2D eigenvalue weighted by Gasteiger charge is -2.67. The molecule has 2 saturated heterocycles. The number of hydrogen-bond donors (Lipinski definition) is 6. The monoisotopic (exact) mass is 1210 g/mol. The van der Waals surface area contributed by atoms with Crippen LogP contribution in [-0.4, -0.2) is 164 Å². The number of fused-ring (bicyclic) bond motifs is 5. The molecule has 3 aromatic carbocycles. The third-order valence-corrected chi connectivity index (χ3v) is 17.7. The van der Waals surface area contributed by atoms with Crippen LogP contribution >= 0.6 is 0 Å². The highest BCUT2D eigenvalue weighted by atomic mass is 16.6. The van der Waals surface area contributed by atoms with Gasteiger partial charge in [-0.25, -0.2) is 19.2 Å². The molecule has 4 fully saturated rings. The Morgan fingerprint density at radius 1 is 0.816 bits per heavy atom. The van der Waals surface area contributed by atoms with Gasteiger partial charge in [0.05, 0.1) is 62.0 Å². The predicted octanol–water partition coefficient (Wildman–Crippen LogP) is 2.46. The van der Waals surface area contributed by atoms with Crippen molar-refractivity contribution >= 4 is 41.7 Å². The van der Waals surface area contributed by atoms with Gasteiger partial charge in [-0.3, -0.25) is 33.1 Å². The average Bonchev–Trinajstić information content (AvgIpc) is 0.907. The molecule has 5 aliphatic rings. The largest absolute Gasteiger partial charge is 0.456 e. The van der Waals surface area contributed by atoms with Gasteiger partial charge in [0.25, 0.3) is 11.5 Å². The van der Waals surface area contributed by atoms with Crippen LogP contribution in [0, 0.1) is 23.7 Å². The minimum Gasteiger partial charge on any atom is -0.456 e. The molecule has 2 saturated carbocycles. The van der Waals surface area contributed by atoms with Crippen molar-refractivity contribution in [2.75, 3.05) is 33.0 Å². The maximum atomic E-state index is 16.4. The number of nitrogens with zero attached hydrogens (tertiary/aromatic N) is 2. The molecule has 2 aliphatic heterocycles. The predicted molar refractivity (Wildman–Crippen MR) is 302 cm³/mol. The number of nitrogens with one attached hydrogen (secondary N) is 2. The van der Waals surface area contributed by atoms with Crippen LogP contribution in [-0.2, 0) is 63.6 Å². The molecule has 14 atom stereocenters. The number of aryl methyl sites for hydroxylation is 1. The number of rotatable bonds is 19. The quantitative estimate of drug-likeness (QED) is 0.0340. The lowest BCUT2D eigenvalue weighted by atomic mass is 9.44. The molecule has 1 aromatic heterocycles. The number of Topliss-reactive ketones (excluding diaryl/α,β-unsaturated/α-hetero) is 1. The molecule has 2 bridgehead atoms. The Morgan fingerprint density at radius 2 is 1.46 bits per heavy atom. The highest BCUT2D eigenvalue weighted by Gasteiger charge is 2.79. The Kier molecular flexibility index (Phi) is 18.6. The molecule has 466 valence electrons. The smallest absolute Gasteiger partial charge is 0.407 e. The first-order valence-corrected chi connectivity index (χ1v) is 28.6. The molecule has 6 N–H and O–H groups in total. The van der Waals surface area contributed by atoms with E-state index in [9.17, 15) is 58.8 Å². The number of alkyl carbamates (subject to hydrolysis) is 1. The van der Waals surface area contributed by atoms with E-state index in [0.29, 0.717) is 5.56 Å². The first kappa shape index (κ1) is 63.6. The molecule has 0 radical (unpaired) electrons. The van der Waals surface area contributed by atoms with Gasteiger partial charge in [-0.15, -0.1) is 0 Å². The average molecular weight is 1210 g/mol. The van der Waals surface area contributed by atoms with E-state index in [4.69, 9.17) is 37.9 Å². The van der Waals surface area contributed by atoms with E-state index < -0.39 is 162 Å². The third kappa shape index (κ3) is 12.0. The number of benzene rings is 3. The number of ether oxygens (including phenoxy) is 8. The van der Waals surface area contributed by atoms with Crippen molar-refractivity contribution < 1.29 is 91.9 Å². The number of ketones is 1. The second-order valence-corrected chi connectivity index (χ2v) is 23.3. The molecule has 25 nitrogen and oxygen atoms in total. The first-order valence-electron chi connectivity index (χ1n) is 28.6. The molecule has 87 heavy (non-hydrogen) atoms. The maximum Gasteiger partial charge on any atom is 0.407 e. The van der Waals surface area contributed by atoms with E-state index in [0.717, 1.165) is 23.0 Å². The van der Waals surface area contributed by atoms with Crippen LogP contribution in [0.2, 0.25) is 0 Å². The fourth-order valence-electron chi connectivity index (χ4n) is 13.2. The molecule has 2 amide bonds. The van der Waals surface area contributed by atoms with Crippen molar-refractivity contribution in [1.29, 1.82) is 0 Å². The van der Waals surface area contributed by atoms with Gasteiger partial charge in [-0.05, 0) is 61.7 Å². The van der Waals surface area contributed by atoms with Crippen LogP contribution < -0.4 is 21.9 Å². The molecular weight excluding hydrogens is 1140 g/mol. The molecule has 0 spiro atoms. The molecule has 3 aliphatic carbocycles. The lowest BCUT2D eigenvalue weighted by Crippen LogP contribution is -2.82. The van der Waals surface area contributed by atoms with E-state index in [1.54, 1.807) is 66.7 Å².